The van der Waals surface area contributed by atoms with Crippen molar-refractivity contribution in [2.75, 3.05) is 18.0 Å². The van der Waals surface area contributed by atoms with Gasteiger partial charge in [-0.25, -0.2) is 0 Å². The van der Waals surface area contributed by atoms with Gasteiger partial charge in [-0.1, -0.05) is 17.7 Å². The number of aryl methyl sites for hydroxylation is 1. The third-order valence-electron chi connectivity index (χ3n) is 4.23. The Morgan fingerprint density at radius 2 is 2.00 bits per heavy atom. The minimum Gasteiger partial charge on any atom is -0.372 e. The summed E-state index contributed by atoms with van der Waals surface area (Å²) in [5, 5.41) is 12.9. The molecule has 1 N–H and O–H groups in total. The van der Waals surface area contributed by atoms with E-state index >= 15 is 0 Å². The molecular formula is C18H27N3. The van der Waals surface area contributed by atoms with Crippen molar-refractivity contribution < 1.29 is 0 Å². The highest BCUT2D eigenvalue weighted by molar-refractivity contribution is 5.47. The number of nitrogens with zero attached hydrogens (tertiary/aromatic N) is 2. The molecule has 0 aromatic heterocycles. The van der Waals surface area contributed by atoms with E-state index in [1.165, 1.54) is 24.1 Å². The van der Waals surface area contributed by atoms with Gasteiger partial charge in [0.1, 0.15) is 5.54 Å². The number of nitrogens with one attached hydrogen (secondary N) is 1. The van der Waals surface area contributed by atoms with Crippen molar-refractivity contribution >= 4 is 5.69 Å². The largest absolute Gasteiger partial charge is 0.372 e. The van der Waals surface area contributed by atoms with E-state index in [0.717, 1.165) is 25.9 Å². The Bertz CT molecular complexity index is 484. The summed E-state index contributed by atoms with van der Waals surface area (Å²) < 4.78 is 0. The Kier molecular flexibility index (Phi) is 5.25. The van der Waals surface area contributed by atoms with Gasteiger partial charge in [-0.3, -0.25) is 5.32 Å². The van der Waals surface area contributed by atoms with E-state index < -0.39 is 0 Å². The molecule has 1 aromatic carbocycles. The summed E-state index contributed by atoms with van der Waals surface area (Å²) >= 11 is 0. The van der Waals surface area contributed by atoms with E-state index in [9.17, 15) is 5.26 Å². The summed E-state index contributed by atoms with van der Waals surface area (Å²) in [7, 11) is 0. The summed E-state index contributed by atoms with van der Waals surface area (Å²) in [4.78, 5) is 2.38. The average Bonchev–Trinajstić information content (AvgIpc) is 3.29. The minimum absolute atomic E-state index is 0.367. The molecule has 0 spiro atoms. The van der Waals surface area contributed by atoms with Crippen LogP contribution in [-0.2, 0) is 0 Å². The summed E-state index contributed by atoms with van der Waals surface area (Å²) in [6.45, 7) is 8.34. The first kappa shape index (κ1) is 15.9. The number of nitriles is 1. The van der Waals surface area contributed by atoms with Gasteiger partial charge in [-0.15, -0.1) is 0 Å². The van der Waals surface area contributed by atoms with Crippen LogP contribution in [0, 0.1) is 18.3 Å². The number of hydrogen-bond acceptors (Lipinski definition) is 3. The van der Waals surface area contributed by atoms with Crippen LogP contribution in [0.1, 0.15) is 45.1 Å². The van der Waals surface area contributed by atoms with Gasteiger partial charge in [-0.05, 0) is 58.6 Å². The molecule has 0 heterocycles. The molecule has 0 amide bonds. The van der Waals surface area contributed by atoms with Gasteiger partial charge in [0.05, 0.1) is 6.07 Å². The fourth-order valence-corrected chi connectivity index (χ4v) is 2.69. The fourth-order valence-electron chi connectivity index (χ4n) is 2.69. The molecule has 0 bridgehead atoms. The number of benzene rings is 1. The Labute approximate surface area is 129 Å². The van der Waals surface area contributed by atoms with Gasteiger partial charge in [0.15, 0.2) is 0 Å². The van der Waals surface area contributed by atoms with Gasteiger partial charge in [0.25, 0.3) is 0 Å². The quantitative estimate of drug-likeness (QED) is 0.792. The molecule has 2 rings (SSSR count). The van der Waals surface area contributed by atoms with Crippen molar-refractivity contribution in [3.8, 4) is 6.07 Å². The number of hydrogen-bond donors (Lipinski definition) is 1. The van der Waals surface area contributed by atoms with E-state index in [-0.39, 0.29) is 5.54 Å². The third-order valence-corrected chi connectivity index (χ3v) is 4.23. The monoisotopic (exact) mass is 285 g/mol. The van der Waals surface area contributed by atoms with Gasteiger partial charge < -0.3 is 4.90 Å². The van der Waals surface area contributed by atoms with Crippen molar-refractivity contribution in [2.45, 2.75) is 58.0 Å². The first-order chi connectivity index (χ1) is 10.1. The van der Waals surface area contributed by atoms with Crippen molar-refractivity contribution in [2.24, 2.45) is 0 Å². The topological polar surface area (TPSA) is 39.1 Å². The lowest BCUT2D eigenvalue weighted by atomic mass is 9.97. The Hall–Kier alpha value is -1.53. The van der Waals surface area contributed by atoms with Gasteiger partial charge >= 0.3 is 0 Å². The number of anilines is 1. The minimum atomic E-state index is -0.367. The van der Waals surface area contributed by atoms with Crippen LogP contribution in [-0.4, -0.2) is 24.7 Å². The van der Waals surface area contributed by atoms with Crippen LogP contribution in [0.2, 0.25) is 0 Å². The van der Waals surface area contributed by atoms with Crippen LogP contribution in [0.5, 0.6) is 0 Å². The first-order valence-electron chi connectivity index (χ1n) is 8.07. The van der Waals surface area contributed by atoms with E-state index in [0.29, 0.717) is 6.04 Å². The predicted octanol–water partition coefficient (Wildman–Crippen LogP) is 3.64. The highest BCUT2D eigenvalue weighted by atomic mass is 15.1. The van der Waals surface area contributed by atoms with E-state index in [4.69, 9.17) is 0 Å². The molecule has 3 nitrogen and oxygen atoms in total. The van der Waals surface area contributed by atoms with Crippen LogP contribution in [0.3, 0.4) is 0 Å². The normalized spacial score (nSPS) is 17.0. The second-order valence-corrected chi connectivity index (χ2v) is 6.38. The second-order valence-electron chi connectivity index (χ2n) is 6.38. The molecule has 1 saturated carbocycles. The zero-order chi connectivity index (χ0) is 15.3. The zero-order valence-corrected chi connectivity index (χ0v) is 13.5. The third kappa shape index (κ3) is 4.75. The number of rotatable bonds is 8. The molecule has 1 atom stereocenters. The molecule has 114 valence electrons. The molecule has 0 aliphatic heterocycles. The molecule has 1 aromatic rings. The van der Waals surface area contributed by atoms with Crippen LogP contribution in [0.25, 0.3) is 0 Å². The van der Waals surface area contributed by atoms with Crippen LogP contribution >= 0.6 is 0 Å². The Morgan fingerprint density at radius 1 is 1.33 bits per heavy atom. The summed E-state index contributed by atoms with van der Waals surface area (Å²) in [6, 6.07) is 11.7. The molecule has 1 fully saturated rings. The van der Waals surface area contributed by atoms with Crippen LogP contribution < -0.4 is 10.2 Å². The van der Waals surface area contributed by atoms with Crippen molar-refractivity contribution in [3.05, 3.63) is 29.8 Å². The van der Waals surface area contributed by atoms with E-state index in [1.54, 1.807) is 0 Å². The maximum atomic E-state index is 9.41. The zero-order valence-electron chi connectivity index (χ0n) is 13.5. The summed E-state index contributed by atoms with van der Waals surface area (Å²) in [5.74, 6) is 0. The average molecular weight is 285 g/mol. The predicted molar refractivity (Wildman–Crippen MR) is 88.5 cm³/mol. The fraction of sp³-hybridized carbons (Fsp3) is 0.611. The molecule has 1 aliphatic rings. The smallest absolute Gasteiger partial charge is 0.104 e. The second kappa shape index (κ2) is 6.95. The molecule has 0 radical (unpaired) electrons. The Balaban J connectivity index is 1.85. The van der Waals surface area contributed by atoms with Gasteiger partial charge in [0.2, 0.25) is 0 Å². The van der Waals surface area contributed by atoms with E-state index in [1.807, 2.05) is 6.92 Å². The standard InChI is InChI=1S/C18H27N3/c1-4-21(17-10-6-15(2)7-11-17)13-5-12-18(3,14-19)20-16-8-9-16/h6-7,10-11,16,20H,4-5,8-9,12-13H2,1-3H3. The highest BCUT2D eigenvalue weighted by Gasteiger charge is 2.32. The molecular weight excluding hydrogens is 258 g/mol. The lowest BCUT2D eigenvalue weighted by Crippen LogP contribution is -2.43. The van der Waals surface area contributed by atoms with Crippen molar-refractivity contribution in [3.63, 3.8) is 0 Å². The lowest BCUT2D eigenvalue weighted by Gasteiger charge is -2.27. The van der Waals surface area contributed by atoms with Crippen molar-refractivity contribution in [1.29, 1.82) is 5.26 Å². The SMILES string of the molecule is CCN(CCCC(C)(C#N)NC1CC1)c1ccc(C)cc1. The highest BCUT2D eigenvalue weighted by Crippen LogP contribution is 2.25. The molecule has 21 heavy (non-hydrogen) atoms. The van der Waals surface area contributed by atoms with Crippen LogP contribution in [0.4, 0.5) is 5.69 Å². The molecule has 1 unspecified atom stereocenters. The van der Waals surface area contributed by atoms with Crippen molar-refractivity contribution in [1.82, 2.24) is 5.32 Å². The van der Waals surface area contributed by atoms with Gasteiger partial charge in [0, 0.05) is 24.8 Å². The maximum absolute atomic E-state index is 9.41. The molecule has 1 aliphatic carbocycles. The molecule has 0 saturated heterocycles. The first-order valence-corrected chi connectivity index (χ1v) is 8.07. The maximum Gasteiger partial charge on any atom is 0.104 e. The molecule has 3 heteroatoms. The Morgan fingerprint density at radius 3 is 2.52 bits per heavy atom. The lowest BCUT2D eigenvalue weighted by molar-refractivity contribution is 0.404. The summed E-state index contributed by atoms with van der Waals surface area (Å²) in [6.07, 6.45) is 4.39. The van der Waals surface area contributed by atoms with Gasteiger partial charge in [-0.2, -0.15) is 5.26 Å². The summed E-state index contributed by atoms with van der Waals surface area (Å²) in [5.41, 5.74) is 2.20. The van der Waals surface area contributed by atoms with E-state index in [2.05, 4.69) is 54.4 Å². The van der Waals surface area contributed by atoms with Crippen LogP contribution in [0.15, 0.2) is 24.3 Å².